The van der Waals surface area contributed by atoms with E-state index in [1.165, 1.54) is 19.2 Å². The zero-order valence-corrected chi connectivity index (χ0v) is 12.7. The molecule has 130 valence electrons. The number of rotatable bonds is 6. The maximum absolute atomic E-state index is 11.9. The molecular formula is C13H11N5O7. The third-order valence-electron chi connectivity index (χ3n) is 3.20. The summed E-state index contributed by atoms with van der Waals surface area (Å²) in [6.45, 7) is 0.863. The molecule has 0 aliphatic heterocycles. The highest BCUT2D eigenvalue weighted by molar-refractivity contribution is 5.91. The van der Waals surface area contributed by atoms with Crippen molar-refractivity contribution in [1.82, 2.24) is 9.78 Å². The maximum Gasteiger partial charge on any atom is 0.356 e. The Balaban J connectivity index is 2.23. The zero-order valence-electron chi connectivity index (χ0n) is 12.7. The lowest BCUT2D eigenvalue weighted by Gasteiger charge is -2.07. The number of aromatic nitrogens is 2. The van der Waals surface area contributed by atoms with E-state index in [-0.39, 0.29) is 23.5 Å². The van der Waals surface area contributed by atoms with Crippen molar-refractivity contribution >= 4 is 28.9 Å². The zero-order chi connectivity index (χ0) is 18.7. The number of anilines is 1. The Morgan fingerprint density at radius 2 is 1.80 bits per heavy atom. The van der Waals surface area contributed by atoms with Gasteiger partial charge in [-0.15, -0.1) is 0 Å². The van der Waals surface area contributed by atoms with Gasteiger partial charge >= 0.3 is 5.97 Å². The SMILES string of the molecule is Cc1c([N+](=O)[O-])cc(NC(=O)Cn2ccc(C(=O)O)n2)cc1[N+](=O)[O-]. The van der Waals surface area contributed by atoms with Gasteiger partial charge in [0.2, 0.25) is 5.91 Å². The van der Waals surface area contributed by atoms with Gasteiger partial charge in [0.05, 0.1) is 15.5 Å². The predicted molar refractivity (Wildman–Crippen MR) is 82.3 cm³/mol. The molecule has 0 spiro atoms. The van der Waals surface area contributed by atoms with Crippen LogP contribution in [0.5, 0.6) is 0 Å². The minimum atomic E-state index is -1.26. The van der Waals surface area contributed by atoms with Crippen LogP contribution in [0.3, 0.4) is 0 Å². The first-order valence-electron chi connectivity index (χ1n) is 6.69. The number of carbonyl (C=O) groups excluding carboxylic acids is 1. The normalized spacial score (nSPS) is 10.3. The molecule has 2 aromatic rings. The summed E-state index contributed by atoms with van der Waals surface area (Å²) < 4.78 is 1.05. The molecule has 12 heteroatoms. The molecule has 0 aliphatic carbocycles. The summed E-state index contributed by atoms with van der Waals surface area (Å²) in [4.78, 5) is 43.1. The molecule has 1 aromatic carbocycles. The molecule has 0 radical (unpaired) electrons. The van der Waals surface area contributed by atoms with Crippen LogP contribution >= 0.6 is 0 Å². The Morgan fingerprint density at radius 1 is 1.24 bits per heavy atom. The van der Waals surface area contributed by atoms with Crippen LogP contribution in [0.25, 0.3) is 0 Å². The van der Waals surface area contributed by atoms with Crippen LogP contribution in [0.2, 0.25) is 0 Å². The van der Waals surface area contributed by atoms with Gasteiger partial charge in [-0.1, -0.05) is 0 Å². The number of hydrogen-bond donors (Lipinski definition) is 2. The van der Waals surface area contributed by atoms with Gasteiger partial charge in [0.1, 0.15) is 12.1 Å². The Kier molecular flexibility index (Phi) is 4.72. The average Bonchev–Trinajstić information content (AvgIpc) is 2.96. The van der Waals surface area contributed by atoms with E-state index < -0.39 is 33.1 Å². The van der Waals surface area contributed by atoms with Crippen molar-refractivity contribution in [1.29, 1.82) is 0 Å². The Labute approximate surface area is 139 Å². The van der Waals surface area contributed by atoms with E-state index >= 15 is 0 Å². The number of carboxylic acids is 1. The fraction of sp³-hybridized carbons (Fsp3) is 0.154. The number of nitrogens with one attached hydrogen (secondary N) is 1. The molecule has 1 heterocycles. The van der Waals surface area contributed by atoms with E-state index in [2.05, 4.69) is 10.4 Å². The minimum absolute atomic E-state index is 0.125. The van der Waals surface area contributed by atoms with Gasteiger partial charge in [-0.25, -0.2) is 4.79 Å². The van der Waals surface area contributed by atoms with Crippen LogP contribution in [0, 0.1) is 27.2 Å². The van der Waals surface area contributed by atoms with E-state index in [1.54, 1.807) is 0 Å². The van der Waals surface area contributed by atoms with Gasteiger partial charge in [-0.3, -0.25) is 29.7 Å². The smallest absolute Gasteiger partial charge is 0.356 e. The van der Waals surface area contributed by atoms with Crippen LogP contribution in [0.4, 0.5) is 17.1 Å². The third kappa shape index (κ3) is 3.93. The highest BCUT2D eigenvalue weighted by atomic mass is 16.6. The summed E-state index contributed by atoms with van der Waals surface area (Å²) in [5, 5.41) is 36.7. The second kappa shape index (κ2) is 6.74. The maximum atomic E-state index is 11.9. The quantitative estimate of drug-likeness (QED) is 0.581. The van der Waals surface area contributed by atoms with Crippen molar-refractivity contribution in [3.8, 4) is 0 Å². The predicted octanol–water partition coefficient (Wildman–Crippen LogP) is 1.34. The van der Waals surface area contributed by atoms with E-state index in [9.17, 15) is 29.8 Å². The summed E-state index contributed by atoms with van der Waals surface area (Å²) in [7, 11) is 0. The number of nitro benzene ring substituents is 2. The Bertz CT molecular complexity index is 854. The van der Waals surface area contributed by atoms with Crippen LogP contribution in [-0.2, 0) is 11.3 Å². The molecule has 12 nitrogen and oxygen atoms in total. The standard InChI is InChI=1S/C13H11N5O7/c1-7-10(17(22)23)4-8(5-11(7)18(24)25)14-12(19)6-16-3-2-9(15-16)13(20)21/h2-5H,6H2,1H3,(H,14,19)(H,20,21). The number of benzene rings is 1. The number of carboxylic acid groups (broad SMARTS) is 1. The van der Waals surface area contributed by atoms with Crippen LogP contribution in [0.15, 0.2) is 24.4 Å². The summed E-state index contributed by atoms with van der Waals surface area (Å²) in [6, 6.07) is 3.20. The Hall–Kier alpha value is -3.83. The highest BCUT2D eigenvalue weighted by Crippen LogP contribution is 2.31. The third-order valence-corrected chi connectivity index (χ3v) is 3.20. The van der Waals surface area contributed by atoms with E-state index in [1.807, 2.05) is 0 Å². The van der Waals surface area contributed by atoms with E-state index in [4.69, 9.17) is 5.11 Å². The van der Waals surface area contributed by atoms with Crippen molar-refractivity contribution < 1.29 is 24.5 Å². The number of amides is 1. The van der Waals surface area contributed by atoms with Gasteiger partial charge in [0, 0.05) is 18.3 Å². The lowest BCUT2D eigenvalue weighted by atomic mass is 10.1. The minimum Gasteiger partial charge on any atom is -0.476 e. The fourth-order valence-corrected chi connectivity index (χ4v) is 2.05. The lowest BCUT2D eigenvalue weighted by molar-refractivity contribution is -0.395. The van der Waals surface area contributed by atoms with Crippen molar-refractivity contribution in [2.24, 2.45) is 0 Å². The summed E-state index contributed by atoms with van der Waals surface area (Å²) >= 11 is 0. The molecule has 2 N–H and O–H groups in total. The molecule has 0 bridgehead atoms. The van der Waals surface area contributed by atoms with Gasteiger partial charge < -0.3 is 10.4 Å². The van der Waals surface area contributed by atoms with E-state index in [0.29, 0.717) is 0 Å². The number of carbonyl (C=O) groups is 2. The molecule has 0 fully saturated rings. The van der Waals surface area contributed by atoms with Crippen molar-refractivity contribution in [2.75, 3.05) is 5.32 Å². The number of nitrogens with zero attached hydrogens (tertiary/aromatic N) is 4. The van der Waals surface area contributed by atoms with Crippen molar-refractivity contribution in [3.63, 3.8) is 0 Å². The molecule has 25 heavy (non-hydrogen) atoms. The molecule has 0 saturated carbocycles. The molecule has 0 aliphatic rings. The monoisotopic (exact) mass is 349 g/mol. The van der Waals surface area contributed by atoms with E-state index in [0.717, 1.165) is 16.8 Å². The topological polar surface area (TPSA) is 170 Å². The number of aromatic carboxylic acids is 1. The van der Waals surface area contributed by atoms with Crippen LogP contribution < -0.4 is 5.32 Å². The molecule has 1 aromatic heterocycles. The molecule has 2 rings (SSSR count). The van der Waals surface area contributed by atoms with Gasteiger partial charge in [-0.2, -0.15) is 5.10 Å². The highest BCUT2D eigenvalue weighted by Gasteiger charge is 2.23. The van der Waals surface area contributed by atoms with Gasteiger partial charge in [-0.05, 0) is 13.0 Å². The Morgan fingerprint density at radius 3 is 2.24 bits per heavy atom. The van der Waals surface area contributed by atoms with Crippen molar-refractivity contribution in [3.05, 3.63) is 55.9 Å². The average molecular weight is 349 g/mol. The van der Waals surface area contributed by atoms with Crippen molar-refractivity contribution in [2.45, 2.75) is 13.5 Å². The molecule has 0 atom stereocenters. The summed E-state index contributed by atoms with van der Waals surface area (Å²) in [5.41, 5.74) is -1.52. The first-order valence-corrected chi connectivity index (χ1v) is 6.69. The molecule has 1 amide bonds. The summed E-state index contributed by atoms with van der Waals surface area (Å²) in [5.74, 6) is -1.95. The molecular weight excluding hydrogens is 338 g/mol. The summed E-state index contributed by atoms with van der Waals surface area (Å²) in [6.07, 6.45) is 1.27. The second-order valence-electron chi connectivity index (χ2n) is 4.91. The number of nitro groups is 2. The second-order valence-corrected chi connectivity index (χ2v) is 4.91. The largest absolute Gasteiger partial charge is 0.476 e. The molecule has 0 saturated heterocycles. The fourth-order valence-electron chi connectivity index (χ4n) is 2.05. The first kappa shape index (κ1) is 17.5. The van der Waals surface area contributed by atoms with Crippen LogP contribution in [-0.4, -0.2) is 36.6 Å². The first-order chi connectivity index (χ1) is 11.7. The molecule has 0 unspecified atom stereocenters. The van der Waals surface area contributed by atoms with Gasteiger partial charge in [0.25, 0.3) is 11.4 Å². The number of hydrogen-bond acceptors (Lipinski definition) is 7. The van der Waals surface area contributed by atoms with Gasteiger partial charge in [0.15, 0.2) is 5.69 Å². The lowest BCUT2D eigenvalue weighted by Crippen LogP contribution is -2.19. The van der Waals surface area contributed by atoms with Crippen LogP contribution in [0.1, 0.15) is 16.1 Å².